The first-order chi connectivity index (χ1) is 11.5. The molecule has 0 aliphatic carbocycles. The third-order valence-corrected chi connectivity index (χ3v) is 3.41. The highest BCUT2D eigenvalue weighted by molar-refractivity contribution is 5.73. The summed E-state index contributed by atoms with van der Waals surface area (Å²) >= 11 is 0. The molecule has 0 heterocycles. The average molecular weight is 323 g/mol. The quantitative estimate of drug-likeness (QED) is 0.283. The number of aromatic hydroxyl groups is 2. The van der Waals surface area contributed by atoms with Gasteiger partial charge in [-0.1, -0.05) is 12.1 Å². The van der Waals surface area contributed by atoms with Gasteiger partial charge < -0.3 is 31.7 Å². The van der Waals surface area contributed by atoms with E-state index < -0.39 is 0 Å². The van der Waals surface area contributed by atoms with Crippen LogP contribution in [0.25, 0.3) is 0 Å². The fourth-order valence-corrected chi connectivity index (χ4v) is 2.19. The standard InChI is InChI=1S/C18H17N3O3/c19-14-8-7-12(22)10-17(14)24-13-4-1-3-11(9-13)21-16-6-2-5-15(20)18(16)23/h1-10,21-23H,19-20H2. The van der Waals surface area contributed by atoms with Crippen LogP contribution in [-0.4, -0.2) is 10.2 Å². The number of phenolic OH excluding ortho intramolecular Hbond substituents is 2. The summed E-state index contributed by atoms with van der Waals surface area (Å²) in [6.07, 6.45) is 0. The number of para-hydroxylation sites is 1. The summed E-state index contributed by atoms with van der Waals surface area (Å²) in [4.78, 5) is 0. The van der Waals surface area contributed by atoms with Gasteiger partial charge in [-0.3, -0.25) is 0 Å². The number of anilines is 4. The van der Waals surface area contributed by atoms with E-state index in [0.29, 0.717) is 34.2 Å². The Bertz CT molecular complexity index is 862. The molecule has 0 aromatic heterocycles. The van der Waals surface area contributed by atoms with Crippen LogP contribution < -0.4 is 21.5 Å². The molecule has 0 fully saturated rings. The molecule has 3 aromatic carbocycles. The maximum Gasteiger partial charge on any atom is 0.162 e. The Labute approximate surface area is 138 Å². The maximum absolute atomic E-state index is 9.97. The lowest BCUT2D eigenvalue weighted by molar-refractivity contribution is 0.456. The highest BCUT2D eigenvalue weighted by Gasteiger charge is 2.07. The van der Waals surface area contributed by atoms with E-state index in [1.54, 1.807) is 42.5 Å². The van der Waals surface area contributed by atoms with Crippen LogP contribution in [0, 0.1) is 0 Å². The number of hydrogen-bond acceptors (Lipinski definition) is 6. The first-order valence-corrected chi connectivity index (χ1v) is 7.24. The van der Waals surface area contributed by atoms with E-state index in [1.807, 2.05) is 6.07 Å². The Morgan fingerprint density at radius 2 is 1.62 bits per heavy atom. The SMILES string of the molecule is Nc1ccc(O)cc1Oc1cccc(Nc2cccc(N)c2O)c1. The van der Waals surface area contributed by atoms with Crippen LogP contribution >= 0.6 is 0 Å². The summed E-state index contributed by atoms with van der Waals surface area (Å²) in [5.74, 6) is 0.943. The summed E-state index contributed by atoms with van der Waals surface area (Å²) in [7, 11) is 0. The number of hydrogen-bond donors (Lipinski definition) is 5. The van der Waals surface area contributed by atoms with Gasteiger partial charge >= 0.3 is 0 Å². The number of benzene rings is 3. The first kappa shape index (κ1) is 15.4. The van der Waals surface area contributed by atoms with E-state index in [1.165, 1.54) is 12.1 Å². The second kappa shape index (κ2) is 6.29. The highest BCUT2D eigenvalue weighted by atomic mass is 16.5. The number of nitrogens with one attached hydrogen (secondary N) is 1. The molecule has 0 aliphatic rings. The minimum Gasteiger partial charge on any atom is -0.508 e. The van der Waals surface area contributed by atoms with Crippen LogP contribution in [0.2, 0.25) is 0 Å². The van der Waals surface area contributed by atoms with E-state index in [4.69, 9.17) is 16.2 Å². The summed E-state index contributed by atoms with van der Waals surface area (Å²) in [5, 5.41) is 22.6. The van der Waals surface area contributed by atoms with Crippen molar-refractivity contribution in [2.45, 2.75) is 0 Å². The first-order valence-electron chi connectivity index (χ1n) is 7.24. The van der Waals surface area contributed by atoms with Crippen LogP contribution in [0.3, 0.4) is 0 Å². The largest absolute Gasteiger partial charge is 0.508 e. The van der Waals surface area contributed by atoms with Gasteiger partial charge in [0.05, 0.1) is 17.1 Å². The molecule has 6 heteroatoms. The van der Waals surface area contributed by atoms with Crippen molar-refractivity contribution in [3.63, 3.8) is 0 Å². The zero-order valence-corrected chi connectivity index (χ0v) is 12.7. The minimum absolute atomic E-state index is 0.0129. The Morgan fingerprint density at radius 1 is 0.833 bits per heavy atom. The molecule has 3 rings (SSSR count). The minimum atomic E-state index is -0.0129. The third kappa shape index (κ3) is 3.27. The van der Waals surface area contributed by atoms with Gasteiger partial charge in [0.15, 0.2) is 11.5 Å². The predicted molar refractivity (Wildman–Crippen MR) is 94.8 cm³/mol. The lowest BCUT2D eigenvalue weighted by Gasteiger charge is -2.12. The van der Waals surface area contributed by atoms with E-state index in [-0.39, 0.29) is 11.5 Å². The Hall–Kier alpha value is -3.54. The number of nitrogen functional groups attached to an aromatic ring is 2. The molecule has 122 valence electrons. The second-order valence-electron chi connectivity index (χ2n) is 5.22. The van der Waals surface area contributed by atoms with Crippen molar-refractivity contribution in [2.75, 3.05) is 16.8 Å². The summed E-state index contributed by atoms with van der Waals surface area (Å²) in [6.45, 7) is 0. The van der Waals surface area contributed by atoms with Crippen LogP contribution in [0.15, 0.2) is 60.7 Å². The van der Waals surface area contributed by atoms with Crippen molar-refractivity contribution in [1.29, 1.82) is 0 Å². The summed E-state index contributed by atoms with van der Waals surface area (Å²) in [5.41, 5.74) is 13.4. The van der Waals surface area contributed by atoms with Crippen molar-refractivity contribution in [2.24, 2.45) is 0 Å². The molecular weight excluding hydrogens is 306 g/mol. The molecule has 3 aromatic rings. The van der Waals surface area contributed by atoms with E-state index in [0.717, 1.165) is 0 Å². The van der Waals surface area contributed by atoms with Crippen LogP contribution in [-0.2, 0) is 0 Å². The van der Waals surface area contributed by atoms with E-state index in [9.17, 15) is 10.2 Å². The lowest BCUT2D eigenvalue weighted by Crippen LogP contribution is -1.95. The van der Waals surface area contributed by atoms with Crippen LogP contribution in [0.4, 0.5) is 22.7 Å². The molecule has 0 unspecified atom stereocenters. The fraction of sp³-hybridized carbons (Fsp3) is 0. The summed E-state index contributed by atoms with van der Waals surface area (Å²) in [6, 6.07) is 16.7. The molecule has 0 radical (unpaired) electrons. The normalized spacial score (nSPS) is 10.3. The highest BCUT2D eigenvalue weighted by Crippen LogP contribution is 2.34. The van der Waals surface area contributed by atoms with Crippen molar-refractivity contribution in [3.05, 3.63) is 60.7 Å². The number of phenols is 2. The Kier molecular flexibility index (Phi) is 4.03. The average Bonchev–Trinajstić information content (AvgIpc) is 2.56. The molecule has 24 heavy (non-hydrogen) atoms. The van der Waals surface area contributed by atoms with E-state index >= 15 is 0 Å². The molecule has 0 saturated heterocycles. The molecule has 0 amide bonds. The zero-order valence-electron chi connectivity index (χ0n) is 12.7. The summed E-state index contributed by atoms with van der Waals surface area (Å²) < 4.78 is 5.71. The Balaban J connectivity index is 1.84. The van der Waals surface area contributed by atoms with Crippen molar-refractivity contribution < 1.29 is 14.9 Å². The molecule has 0 bridgehead atoms. The van der Waals surface area contributed by atoms with Gasteiger partial charge in [-0.25, -0.2) is 0 Å². The van der Waals surface area contributed by atoms with Gasteiger partial charge in [0.2, 0.25) is 0 Å². The van der Waals surface area contributed by atoms with Crippen molar-refractivity contribution in [3.8, 4) is 23.0 Å². The van der Waals surface area contributed by atoms with Gasteiger partial charge in [0, 0.05) is 17.8 Å². The van der Waals surface area contributed by atoms with Crippen LogP contribution in [0.1, 0.15) is 0 Å². The van der Waals surface area contributed by atoms with E-state index in [2.05, 4.69) is 5.32 Å². The monoisotopic (exact) mass is 323 g/mol. The number of rotatable bonds is 4. The number of ether oxygens (including phenoxy) is 1. The van der Waals surface area contributed by atoms with Gasteiger partial charge in [-0.2, -0.15) is 0 Å². The van der Waals surface area contributed by atoms with Gasteiger partial charge in [-0.15, -0.1) is 0 Å². The molecule has 0 aliphatic heterocycles. The third-order valence-electron chi connectivity index (χ3n) is 3.41. The molecule has 7 N–H and O–H groups in total. The molecular formula is C18H17N3O3. The molecule has 0 atom stereocenters. The van der Waals surface area contributed by atoms with Crippen molar-refractivity contribution >= 4 is 22.7 Å². The molecule has 6 nitrogen and oxygen atoms in total. The van der Waals surface area contributed by atoms with Gasteiger partial charge in [-0.05, 0) is 36.4 Å². The Morgan fingerprint density at radius 3 is 2.46 bits per heavy atom. The zero-order chi connectivity index (χ0) is 17.1. The lowest BCUT2D eigenvalue weighted by atomic mass is 10.2. The smallest absolute Gasteiger partial charge is 0.162 e. The molecule has 0 spiro atoms. The topological polar surface area (TPSA) is 114 Å². The van der Waals surface area contributed by atoms with Crippen LogP contribution in [0.5, 0.6) is 23.0 Å². The second-order valence-corrected chi connectivity index (χ2v) is 5.22. The number of nitrogens with two attached hydrogens (primary N) is 2. The van der Waals surface area contributed by atoms with Gasteiger partial charge in [0.25, 0.3) is 0 Å². The maximum atomic E-state index is 9.97. The van der Waals surface area contributed by atoms with Gasteiger partial charge in [0.1, 0.15) is 11.5 Å². The van der Waals surface area contributed by atoms with Crippen molar-refractivity contribution in [1.82, 2.24) is 0 Å². The predicted octanol–water partition coefficient (Wildman–Crippen LogP) is 3.80. The fourth-order valence-electron chi connectivity index (χ4n) is 2.19. The molecule has 0 saturated carbocycles.